The van der Waals surface area contributed by atoms with Crippen LogP contribution in [-0.2, 0) is 6.54 Å². The first-order chi connectivity index (χ1) is 11.6. The Labute approximate surface area is 144 Å². The Kier molecular flexibility index (Phi) is 6.73. The van der Waals surface area contributed by atoms with Gasteiger partial charge in [-0.25, -0.2) is 9.97 Å². The minimum atomic E-state index is -0.202. The molecule has 128 valence electrons. The third-order valence-corrected chi connectivity index (χ3v) is 3.76. The van der Waals surface area contributed by atoms with Crippen LogP contribution in [0.5, 0.6) is 0 Å². The molecule has 1 aromatic carbocycles. The van der Waals surface area contributed by atoms with Crippen LogP contribution in [0.4, 0.5) is 5.82 Å². The van der Waals surface area contributed by atoms with Crippen LogP contribution in [0.3, 0.4) is 0 Å². The summed E-state index contributed by atoms with van der Waals surface area (Å²) in [7, 11) is 0. The van der Waals surface area contributed by atoms with E-state index in [0.717, 1.165) is 37.3 Å². The van der Waals surface area contributed by atoms with Gasteiger partial charge in [0.05, 0.1) is 12.4 Å². The summed E-state index contributed by atoms with van der Waals surface area (Å²) in [6.07, 6.45) is 5.35. The standard InChI is InChI=1S/C19H26N4O/c1-4-10-23(11-5-2)18-14-20-17(13-21-18)19(24)22-12-16-8-6-15(3)7-9-16/h6-9,13-14H,4-5,10-12H2,1-3H3,(H,22,24). The molecule has 0 atom stereocenters. The van der Waals surface area contributed by atoms with Crippen LogP contribution in [0.25, 0.3) is 0 Å². The first kappa shape index (κ1) is 17.9. The lowest BCUT2D eigenvalue weighted by Gasteiger charge is -2.22. The van der Waals surface area contributed by atoms with Crippen LogP contribution < -0.4 is 10.2 Å². The molecule has 0 aliphatic rings. The first-order valence-electron chi connectivity index (χ1n) is 8.54. The Morgan fingerprint density at radius 1 is 1.04 bits per heavy atom. The van der Waals surface area contributed by atoms with Gasteiger partial charge in [0.1, 0.15) is 11.5 Å². The van der Waals surface area contributed by atoms with Crippen molar-refractivity contribution in [2.24, 2.45) is 0 Å². The molecule has 0 unspecified atom stereocenters. The smallest absolute Gasteiger partial charge is 0.271 e. The number of aryl methyl sites for hydroxylation is 1. The van der Waals surface area contributed by atoms with Crippen molar-refractivity contribution in [1.82, 2.24) is 15.3 Å². The number of anilines is 1. The second-order valence-electron chi connectivity index (χ2n) is 5.92. The molecular weight excluding hydrogens is 300 g/mol. The van der Waals surface area contributed by atoms with Gasteiger partial charge >= 0.3 is 0 Å². The number of rotatable bonds is 8. The Bertz CT molecular complexity index is 631. The summed E-state index contributed by atoms with van der Waals surface area (Å²) < 4.78 is 0. The molecule has 5 heteroatoms. The van der Waals surface area contributed by atoms with E-state index in [9.17, 15) is 4.79 Å². The van der Waals surface area contributed by atoms with Crippen LogP contribution >= 0.6 is 0 Å². The minimum absolute atomic E-state index is 0.202. The third-order valence-electron chi connectivity index (χ3n) is 3.76. The molecule has 0 radical (unpaired) electrons. The number of carbonyl (C=O) groups is 1. The number of nitrogens with one attached hydrogen (secondary N) is 1. The molecule has 0 spiro atoms. The van der Waals surface area contributed by atoms with Crippen molar-refractivity contribution in [2.75, 3.05) is 18.0 Å². The van der Waals surface area contributed by atoms with Gasteiger partial charge in [-0.1, -0.05) is 43.7 Å². The maximum Gasteiger partial charge on any atom is 0.271 e. The quantitative estimate of drug-likeness (QED) is 0.808. The van der Waals surface area contributed by atoms with Crippen molar-refractivity contribution in [3.8, 4) is 0 Å². The van der Waals surface area contributed by atoms with Gasteiger partial charge in [0.2, 0.25) is 0 Å². The predicted molar refractivity (Wildman–Crippen MR) is 97.2 cm³/mol. The van der Waals surface area contributed by atoms with Crippen molar-refractivity contribution in [1.29, 1.82) is 0 Å². The Balaban J connectivity index is 1.96. The van der Waals surface area contributed by atoms with E-state index in [4.69, 9.17) is 0 Å². The maximum absolute atomic E-state index is 12.2. The molecule has 5 nitrogen and oxygen atoms in total. The summed E-state index contributed by atoms with van der Waals surface area (Å²) in [5, 5.41) is 2.88. The van der Waals surface area contributed by atoms with Gasteiger partial charge in [0.15, 0.2) is 0 Å². The highest BCUT2D eigenvalue weighted by Crippen LogP contribution is 2.10. The van der Waals surface area contributed by atoms with Crippen molar-refractivity contribution in [3.63, 3.8) is 0 Å². The van der Waals surface area contributed by atoms with E-state index >= 15 is 0 Å². The van der Waals surface area contributed by atoms with Crippen molar-refractivity contribution in [2.45, 2.75) is 40.2 Å². The summed E-state index contributed by atoms with van der Waals surface area (Å²) in [5.41, 5.74) is 2.62. The number of amides is 1. The zero-order valence-corrected chi connectivity index (χ0v) is 14.7. The van der Waals surface area contributed by atoms with E-state index in [2.05, 4.69) is 34.0 Å². The van der Waals surface area contributed by atoms with Crippen LogP contribution in [0, 0.1) is 6.92 Å². The summed E-state index contributed by atoms with van der Waals surface area (Å²) in [6.45, 7) is 8.70. The van der Waals surface area contributed by atoms with Crippen LogP contribution in [0.1, 0.15) is 48.3 Å². The number of hydrogen-bond donors (Lipinski definition) is 1. The zero-order valence-electron chi connectivity index (χ0n) is 14.7. The molecule has 0 aliphatic heterocycles. The van der Waals surface area contributed by atoms with E-state index in [0.29, 0.717) is 12.2 Å². The van der Waals surface area contributed by atoms with Crippen LogP contribution in [0.15, 0.2) is 36.7 Å². The van der Waals surface area contributed by atoms with E-state index < -0.39 is 0 Å². The number of aromatic nitrogens is 2. The van der Waals surface area contributed by atoms with Crippen molar-refractivity contribution < 1.29 is 4.79 Å². The molecule has 2 aromatic rings. The Morgan fingerprint density at radius 3 is 2.25 bits per heavy atom. The van der Waals surface area contributed by atoms with Gasteiger partial charge in [-0.2, -0.15) is 0 Å². The van der Waals surface area contributed by atoms with Crippen LogP contribution in [0.2, 0.25) is 0 Å². The lowest BCUT2D eigenvalue weighted by Crippen LogP contribution is -2.27. The fourth-order valence-corrected chi connectivity index (χ4v) is 2.46. The summed E-state index contributed by atoms with van der Waals surface area (Å²) in [5.74, 6) is 0.626. The number of nitrogens with zero attached hydrogens (tertiary/aromatic N) is 3. The Hall–Kier alpha value is -2.43. The molecule has 0 saturated carbocycles. The third kappa shape index (κ3) is 5.05. The average molecular weight is 326 g/mol. The molecule has 0 fully saturated rings. The predicted octanol–water partition coefficient (Wildman–Crippen LogP) is 3.34. The molecule has 0 bridgehead atoms. The van der Waals surface area contributed by atoms with Gasteiger partial charge in [-0.15, -0.1) is 0 Å². The molecule has 24 heavy (non-hydrogen) atoms. The second-order valence-corrected chi connectivity index (χ2v) is 5.92. The van der Waals surface area contributed by atoms with Crippen LogP contribution in [-0.4, -0.2) is 29.0 Å². The maximum atomic E-state index is 12.2. The average Bonchev–Trinajstić information content (AvgIpc) is 2.61. The number of benzene rings is 1. The molecule has 1 heterocycles. The summed E-state index contributed by atoms with van der Waals surface area (Å²) in [6, 6.07) is 8.09. The van der Waals surface area contributed by atoms with Gasteiger partial charge in [0, 0.05) is 19.6 Å². The van der Waals surface area contributed by atoms with Gasteiger partial charge < -0.3 is 10.2 Å². The highest BCUT2D eigenvalue weighted by Gasteiger charge is 2.10. The Morgan fingerprint density at radius 2 is 1.71 bits per heavy atom. The summed E-state index contributed by atoms with van der Waals surface area (Å²) >= 11 is 0. The highest BCUT2D eigenvalue weighted by molar-refractivity contribution is 5.91. The van der Waals surface area contributed by atoms with Gasteiger partial charge in [-0.05, 0) is 25.3 Å². The number of hydrogen-bond acceptors (Lipinski definition) is 4. The van der Waals surface area contributed by atoms with Gasteiger partial charge in [0.25, 0.3) is 5.91 Å². The van der Waals surface area contributed by atoms with E-state index in [1.54, 1.807) is 12.4 Å². The molecule has 2 rings (SSSR count). The van der Waals surface area contributed by atoms with E-state index in [1.165, 1.54) is 5.56 Å². The van der Waals surface area contributed by atoms with E-state index in [-0.39, 0.29) is 5.91 Å². The zero-order chi connectivity index (χ0) is 17.4. The molecule has 0 saturated heterocycles. The van der Waals surface area contributed by atoms with Crippen molar-refractivity contribution >= 4 is 11.7 Å². The van der Waals surface area contributed by atoms with E-state index in [1.807, 2.05) is 31.2 Å². The molecule has 0 aliphatic carbocycles. The molecular formula is C19H26N4O. The first-order valence-corrected chi connectivity index (χ1v) is 8.54. The molecule has 1 N–H and O–H groups in total. The normalized spacial score (nSPS) is 10.5. The molecule has 1 aromatic heterocycles. The highest BCUT2D eigenvalue weighted by atomic mass is 16.1. The lowest BCUT2D eigenvalue weighted by atomic mass is 10.1. The van der Waals surface area contributed by atoms with Crippen molar-refractivity contribution in [3.05, 3.63) is 53.5 Å². The largest absolute Gasteiger partial charge is 0.355 e. The fraction of sp³-hybridized carbons (Fsp3) is 0.421. The summed E-state index contributed by atoms with van der Waals surface area (Å²) in [4.78, 5) is 23.1. The minimum Gasteiger partial charge on any atom is -0.355 e. The fourth-order valence-electron chi connectivity index (χ4n) is 2.46. The second kappa shape index (κ2) is 9.01. The number of carbonyl (C=O) groups excluding carboxylic acids is 1. The van der Waals surface area contributed by atoms with Gasteiger partial charge in [-0.3, -0.25) is 4.79 Å². The monoisotopic (exact) mass is 326 g/mol. The SMILES string of the molecule is CCCN(CCC)c1cnc(C(=O)NCc2ccc(C)cc2)cn1. The molecule has 1 amide bonds. The topological polar surface area (TPSA) is 58.1 Å². The lowest BCUT2D eigenvalue weighted by molar-refractivity contribution is 0.0945.